The van der Waals surface area contributed by atoms with Crippen LogP contribution < -0.4 is 4.74 Å². The first-order valence-electron chi connectivity index (χ1n) is 4.60. The van der Waals surface area contributed by atoms with Crippen molar-refractivity contribution in [3.05, 3.63) is 23.5 Å². The fourth-order valence-electron chi connectivity index (χ4n) is 1.46. The van der Waals surface area contributed by atoms with Crippen molar-refractivity contribution in [2.75, 3.05) is 7.11 Å². The van der Waals surface area contributed by atoms with Gasteiger partial charge in [-0.15, -0.1) is 0 Å². The third kappa shape index (κ3) is 2.26. The van der Waals surface area contributed by atoms with Gasteiger partial charge in [0.2, 0.25) is 0 Å². The standard InChI is InChI=1S/C11H13FO3/c1-7(5-6-13)10-8(12)3-4-9(15-2)11(10)14/h3-4,6-7,14H,5H2,1-2H3. The first kappa shape index (κ1) is 11.5. The fraction of sp³-hybridized carbons (Fsp3) is 0.364. The van der Waals surface area contributed by atoms with Crippen molar-refractivity contribution in [3.8, 4) is 11.5 Å². The Labute approximate surface area is 87.5 Å². The van der Waals surface area contributed by atoms with Crippen molar-refractivity contribution in [2.24, 2.45) is 0 Å². The molecule has 1 N–H and O–H groups in total. The molecule has 0 aliphatic heterocycles. The highest BCUT2D eigenvalue weighted by Gasteiger charge is 2.18. The van der Waals surface area contributed by atoms with E-state index in [4.69, 9.17) is 4.74 Å². The van der Waals surface area contributed by atoms with E-state index < -0.39 is 5.82 Å². The van der Waals surface area contributed by atoms with Crippen molar-refractivity contribution in [2.45, 2.75) is 19.3 Å². The maximum Gasteiger partial charge on any atom is 0.164 e. The monoisotopic (exact) mass is 212 g/mol. The maximum atomic E-state index is 13.4. The highest BCUT2D eigenvalue weighted by Crippen LogP contribution is 2.37. The summed E-state index contributed by atoms with van der Waals surface area (Å²) in [4.78, 5) is 10.3. The van der Waals surface area contributed by atoms with E-state index in [9.17, 15) is 14.3 Å². The minimum absolute atomic E-state index is 0.126. The van der Waals surface area contributed by atoms with Gasteiger partial charge in [-0.2, -0.15) is 0 Å². The van der Waals surface area contributed by atoms with Crippen LogP contribution in [0.5, 0.6) is 11.5 Å². The van der Waals surface area contributed by atoms with Crippen LogP contribution in [0.15, 0.2) is 12.1 Å². The smallest absolute Gasteiger partial charge is 0.164 e. The Kier molecular flexibility index (Phi) is 3.66. The number of halogens is 1. The predicted molar refractivity (Wildman–Crippen MR) is 53.7 cm³/mol. The second-order valence-corrected chi connectivity index (χ2v) is 3.32. The topological polar surface area (TPSA) is 46.5 Å². The number of phenols is 1. The third-order valence-corrected chi connectivity index (χ3v) is 2.29. The van der Waals surface area contributed by atoms with Gasteiger partial charge in [-0.25, -0.2) is 4.39 Å². The lowest BCUT2D eigenvalue weighted by Gasteiger charge is -2.14. The molecule has 0 bridgehead atoms. The Balaban J connectivity index is 3.19. The Morgan fingerprint density at radius 3 is 2.80 bits per heavy atom. The van der Waals surface area contributed by atoms with E-state index in [0.717, 1.165) is 0 Å². The molecular formula is C11H13FO3. The van der Waals surface area contributed by atoms with Gasteiger partial charge in [-0.1, -0.05) is 6.92 Å². The third-order valence-electron chi connectivity index (χ3n) is 2.29. The molecule has 1 aromatic rings. The quantitative estimate of drug-likeness (QED) is 0.778. The number of methoxy groups -OCH3 is 1. The first-order chi connectivity index (χ1) is 7.11. The molecule has 0 heterocycles. The summed E-state index contributed by atoms with van der Waals surface area (Å²) < 4.78 is 18.3. The lowest BCUT2D eigenvalue weighted by molar-refractivity contribution is -0.108. The molecule has 1 rings (SSSR count). The highest BCUT2D eigenvalue weighted by atomic mass is 19.1. The van der Waals surface area contributed by atoms with Crippen molar-refractivity contribution < 1.29 is 19.0 Å². The number of ether oxygens (including phenoxy) is 1. The molecule has 3 nitrogen and oxygen atoms in total. The van der Waals surface area contributed by atoms with Crippen molar-refractivity contribution in [1.82, 2.24) is 0 Å². The van der Waals surface area contributed by atoms with Crippen LogP contribution in [0.2, 0.25) is 0 Å². The number of carbonyl (C=O) groups is 1. The number of carbonyl (C=O) groups excluding carboxylic acids is 1. The van der Waals surface area contributed by atoms with Crippen molar-refractivity contribution in [3.63, 3.8) is 0 Å². The number of aldehydes is 1. The minimum Gasteiger partial charge on any atom is -0.504 e. The summed E-state index contributed by atoms with van der Waals surface area (Å²) in [5, 5.41) is 9.69. The lowest BCUT2D eigenvalue weighted by atomic mass is 9.96. The van der Waals surface area contributed by atoms with E-state index in [1.807, 2.05) is 0 Å². The molecule has 82 valence electrons. The molecule has 0 amide bonds. The van der Waals surface area contributed by atoms with Gasteiger partial charge in [-0.05, 0) is 18.1 Å². The van der Waals surface area contributed by atoms with Crippen LogP contribution >= 0.6 is 0 Å². The molecule has 0 radical (unpaired) electrons. The van der Waals surface area contributed by atoms with Gasteiger partial charge in [0, 0.05) is 12.0 Å². The molecule has 1 aromatic carbocycles. The summed E-state index contributed by atoms with van der Waals surface area (Å²) in [7, 11) is 1.39. The minimum atomic E-state index is -0.525. The van der Waals surface area contributed by atoms with Crippen LogP contribution in [0, 0.1) is 5.82 Å². The fourth-order valence-corrected chi connectivity index (χ4v) is 1.46. The molecule has 0 aromatic heterocycles. The zero-order valence-electron chi connectivity index (χ0n) is 8.66. The Hall–Kier alpha value is -1.58. The summed E-state index contributed by atoms with van der Waals surface area (Å²) in [6.07, 6.45) is 0.862. The number of rotatable bonds is 4. The summed E-state index contributed by atoms with van der Waals surface area (Å²) in [5.41, 5.74) is 0.126. The lowest BCUT2D eigenvalue weighted by Crippen LogP contribution is -2.00. The van der Waals surface area contributed by atoms with E-state index in [-0.39, 0.29) is 29.4 Å². The number of hydrogen-bond donors (Lipinski definition) is 1. The maximum absolute atomic E-state index is 13.4. The molecule has 15 heavy (non-hydrogen) atoms. The summed E-state index contributed by atoms with van der Waals surface area (Å²) in [6.45, 7) is 1.67. The van der Waals surface area contributed by atoms with Crippen molar-refractivity contribution >= 4 is 6.29 Å². The molecular weight excluding hydrogens is 199 g/mol. The molecule has 0 aliphatic rings. The van der Waals surface area contributed by atoms with Crippen LogP contribution in [0.1, 0.15) is 24.8 Å². The molecule has 0 saturated heterocycles. The molecule has 0 fully saturated rings. The second-order valence-electron chi connectivity index (χ2n) is 3.32. The summed E-state index contributed by atoms with van der Waals surface area (Å²) in [5.74, 6) is -0.906. The van der Waals surface area contributed by atoms with Gasteiger partial charge >= 0.3 is 0 Å². The first-order valence-corrected chi connectivity index (χ1v) is 4.60. The largest absolute Gasteiger partial charge is 0.504 e. The van der Waals surface area contributed by atoms with Gasteiger partial charge in [0.05, 0.1) is 7.11 Å². The van der Waals surface area contributed by atoms with Crippen molar-refractivity contribution in [1.29, 1.82) is 0 Å². The van der Waals surface area contributed by atoms with E-state index >= 15 is 0 Å². The van der Waals surface area contributed by atoms with Gasteiger partial charge in [0.1, 0.15) is 12.1 Å². The summed E-state index contributed by atoms with van der Waals surface area (Å²) >= 11 is 0. The molecule has 0 spiro atoms. The number of hydrogen-bond acceptors (Lipinski definition) is 3. The van der Waals surface area contributed by atoms with Crippen LogP contribution in [-0.4, -0.2) is 18.5 Å². The molecule has 1 unspecified atom stereocenters. The van der Waals surface area contributed by atoms with E-state index in [0.29, 0.717) is 6.29 Å². The summed E-state index contributed by atoms with van der Waals surface area (Å²) in [6, 6.07) is 2.57. The Morgan fingerprint density at radius 1 is 1.60 bits per heavy atom. The average Bonchev–Trinajstić information content (AvgIpc) is 2.18. The van der Waals surface area contributed by atoms with Crippen LogP contribution in [0.4, 0.5) is 4.39 Å². The number of phenolic OH excluding ortho intramolecular Hbond substituents is 1. The van der Waals surface area contributed by atoms with Crippen LogP contribution in [0.25, 0.3) is 0 Å². The van der Waals surface area contributed by atoms with E-state index in [1.165, 1.54) is 19.2 Å². The van der Waals surface area contributed by atoms with Gasteiger partial charge in [0.25, 0.3) is 0 Å². The van der Waals surface area contributed by atoms with Crippen LogP contribution in [0.3, 0.4) is 0 Å². The van der Waals surface area contributed by atoms with Gasteiger partial charge < -0.3 is 14.6 Å². The molecule has 4 heteroatoms. The van der Waals surface area contributed by atoms with Gasteiger partial charge in [0.15, 0.2) is 11.5 Å². The number of aromatic hydroxyl groups is 1. The van der Waals surface area contributed by atoms with E-state index in [2.05, 4.69) is 0 Å². The average molecular weight is 212 g/mol. The molecule has 0 saturated carbocycles. The molecule has 1 atom stereocenters. The predicted octanol–water partition coefficient (Wildman–Crippen LogP) is 2.23. The Bertz CT molecular complexity index is 363. The SMILES string of the molecule is COc1ccc(F)c(C(C)CC=O)c1O. The second kappa shape index (κ2) is 4.77. The Morgan fingerprint density at radius 2 is 2.27 bits per heavy atom. The zero-order valence-corrected chi connectivity index (χ0v) is 8.66. The number of benzene rings is 1. The normalized spacial score (nSPS) is 12.2. The highest BCUT2D eigenvalue weighted by molar-refractivity contribution is 5.54. The van der Waals surface area contributed by atoms with Gasteiger partial charge in [-0.3, -0.25) is 0 Å². The molecule has 0 aliphatic carbocycles. The van der Waals surface area contributed by atoms with Crippen LogP contribution in [-0.2, 0) is 4.79 Å². The van der Waals surface area contributed by atoms with E-state index in [1.54, 1.807) is 6.92 Å². The zero-order chi connectivity index (χ0) is 11.4.